The number of carbonyl (C=O) groups is 2. The summed E-state index contributed by atoms with van der Waals surface area (Å²) in [6.45, 7) is 8.18. The van der Waals surface area contributed by atoms with E-state index in [1.54, 1.807) is 0 Å². The first-order valence-electron chi connectivity index (χ1n) is 6.28. The van der Waals surface area contributed by atoms with Gasteiger partial charge in [-0.25, -0.2) is 4.79 Å². The number of rotatable bonds is 7. The molecule has 0 rings (SSSR count). The lowest BCUT2D eigenvalue weighted by molar-refractivity contribution is -0.142. The van der Waals surface area contributed by atoms with Crippen molar-refractivity contribution in [1.82, 2.24) is 5.32 Å². The van der Waals surface area contributed by atoms with Crippen LogP contribution in [0.25, 0.3) is 0 Å². The van der Waals surface area contributed by atoms with E-state index < -0.39 is 12.0 Å². The summed E-state index contributed by atoms with van der Waals surface area (Å²) in [5.74, 6) is -1.10. The van der Waals surface area contributed by atoms with Gasteiger partial charge in [0.25, 0.3) is 0 Å². The number of aliphatic carboxylic acids is 1. The van der Waals surface area contributed by atoms with Gasteiger partial charge < -0.3 is 10.4 Å². The molecular weight excluding hydrogens is 218 g/mol. The molecule has 0 spiro atoms. The summed E-state index contributed by atoms with van der Waals surface area (Å²) in [5, 5.41) is 11.6. The summed E-state index contributed by atoms with van der Waals surface area (Å²) in [5.41, 5.74) is 0.0852. The molecule has 0 radical (unpaired) electrons. The smallest absolute Gasteiger partial charge is 0.326 e. The van der Waals surface area contributed by atoms with Crippen molar-refractivity contribution in [2.45, 2.75) is 65.8 Å². The fraction of sp³-hybridized carbons (Fsp3) is 0.846. The fourth-order valence-corrected chi connectivity index (χ4v) is 1.44. The van der Waals surface area contributed by atoms with Gasteiger partial charge in [-0.1, -0.05) is 34.1 Å². The zero-order valence-corrected chi connectivity index (χ0v) is 11.4. The summed E-state index contributed by atoms with van der Waals surface area (Å²) in [4.78, 5) is 22.5. The van der Waals surface area contributed by atoms with Crippen LogP contribution in [0.2, 0.25) is 0 Å². The largest absolute Gasteiger partial charge is 0.480 e. The molecule has 17 heavy (non-hydrogen) atoms. The lowest BCUT2D eigenvalue weighted by Crippen LogP contribution is -2.41. The number of nitrogens with one attached hydrogen (secondary N) is 1. The Morgan fingerprint density at radius 2 is 1.88 bits per heavy atom. The maximum absolute atomic E-state index is 11.5. The molecule has 100 valence electrons. The number of amides is 1. The predicted molar refractivity (Wildman–Crippen MR) is 67.8 cm³/mol. The molecule has 1 unspecified atom stereocenters. The van der Waals surface area contributed by atoms with Crippen LogP contribution >= 0.6 is 0 Å². The van der Waals surface area contributed by atoms with Crippen LogP contribution in [0.1, 0.15) is 59.8 Å². The lowest BCUT2D eigenvalue weighted by Gasteiger charge is -2.21. The average Bonchev–Trinajstić information content (AvgIpc) is 2.19. The molecule has 4 nitrogen and oxygen atoms in total. The van der Waals surface area contributed by atoms with Crippen LogP contribution in [0.3, 0.4) is 0 Å². The van der Waals surface area contributed by atoms with Gasteiger partial charge in [0.15, 0.2) is 0 Å². The fourth-order valence-electron chi connectivity index (χ4n) is 1.44. The molecule has 1 amide bonds. The van der Waals surface area contributed by atoms with Crippen molar-refractivity contribution in [3.63, 3.8) is 0 Å². The monoisotopic (exact) mass is 243 g/mol. The van der Waals surface area contributed by atoms with Crippen molar-refractivity contribution >= 4 is 11.9 Å². The van der Waals surface area contributed by atoms with Gasteiger partial charge in [0.05, 0.1) is 0 Å². The second-order valence-corrected chi connectivity index (χ2v) is 5.66. The van der Waals surface area contributed by atoms with Gasteiger partial charge in [-0.3, -0.25) is 4.79 Å². The summed E-state index contributed by atoms with van der Waals surface area (Å²) in [6, 6.07) is -0.751. The molecule has 1 atom stereocenters. The first-order chi connectivity index (χ1) is 7.76. The SMILES string of the molecule is CCCCC(=O)NC(CCC(C)(C)C)C(=O)O. The number of hydrogen-bond acceptors (Lipinski definition) is 2. The minimum absolute atomic E-state index is 0.0852. The summed E-state index contributed by atoms with van der Waals surface area (Å²) >= 11 is 0. The highest BCUT2D eigenvalue weighted by molar-refractivity contribution is 5.83. The molecule has 0 aliphatic carbocycles. The van der Waals surface area contributed by atoms with E-state index in [0.29, 0.717) is 12.8 Å². The van der Waals surface area contributed by atoms with E-state index in [1.165, 1.54) is 0 Å². The Morgan fingerprint density at radius 3 is 2.29 bits per heavy atom. The van der Waals surface area contributed by atoms with Crippen molar-refractivity contribution in [3.05, 3.63) is 0 Å². The number of carboxylic acid groups (broad SMARTS) is 1. The van der Waals surface area contributed by atoms with Crippen LogP contribution in [0.4, 0.5) is 0 Å². The Balaban J connectivity index is 4.16. The molecule has 0 saturated carbocycles. The quantitative estimate of drug-likeness (QED) is 0.722. The van der Waals surface area contributed by atoms with E-state index in [4.69, 9.17) is 5.11 Å². The maximum atomic E-state index is 11.5. The average molecular weight is 243 g/mol. The first-order valence-corrected chi connectivity index (χ1v) is 6.28. The molecule has 4 heteroatoms. The molecule has 0 saturated heterocycles. The summed E-state index contributed by atoms with van der Waals surface area (Å²) in [6.07, 6.45) is 3.41. The first kappa shape index (κ1) is 15.9. The normalized spacial score (nSPS) is 13.2. The van der Waals surface area contributed by atoms with E-state index in [-0.39, 0.29) is 11.3 Å². The van der Waals surface area contributed by atoms with Crippen molar-refractivity contribution < 1.29 is 14.7 Å². The molecule has 0 aliphatic heterocycles. The van der Waals surface area contributed by atoms with Gasteiger partial charge in [0, 0.05) is 6.42 Å². The van der Waals surface area contributed by atoms with E-state index in [1.807, 2.05) is 6.92 Å². The Labute approximate surface area is 104 Å². The van der Waals surface area contributed by atoms with Crippen LogP contribution in [0.5, 0.6) is 0 Å². The van der Waals surface area contributed by atoms with Gasteiger partial charge in [-0.2, -0.15) is 0 Å². The van der Waals surface area contributed by atoms with Crippen molar-refractivity contribution in [1.29, 1.82) is 0 Å². The van der Waals surface area contributed by atoms with Crippen molar-refractivity contribution in [2.75, 3.05) is 0 Å². The van der Waals surface area contributed by atoms with Crippen molar-refractivity contribution in [2.24, 2.45) is 5.41 Å². The van der Waals surface area contributed by atoms with Gasteiger partial charge in [-0.15, -0.1) is 0 Å². The molecular formula is C13H25NO3. The number of carbonyl (C=O) groups excluding carboxylic acids is 1. The molecule has 0 heterocycles. The third-order valence-corrected chi connectivity index (χ3v) is 2.57. The van der Waals surface area contributed by atoms with Crippen LogP contribution < -0.4 is 5.32 Å². The highest BCUT2D eigenvalue weighted by atomic mass is 16.4. The molecule has 0 aromatic rings. The topological polar surface area (TPSA) is 66.4 Å². The second kappa shape index (κ2) is 7.30. The van der Waals surface area contributed by atoms with E-state index in [0.717, 1.165) is 19.3 Å². The number of hydrogen-bond donors (Lipinski definition) is 2. The van der Waals surface area contributed by atoms with E-state index >= 15 is 0 Å². The van der Waals surface area contributed by atoms with Crippen LogP contribution in [0.15, 0.2) is 0 Å². The Morgan fingerprint density at radius 1 is 1.29 bits per heavy atom. The Bertz CT molecular complexity index is 256. The molecule has 0 aromatic heterocycles. The minimum Gasteiger partial charge on any atom is -0.480 e. The zero-order chi connectivity index (χ0) is 13.5. The second-order valence-electron chi connectivity index (χ2n) is 5.66. The van der Waals surface area contributed by atoms with E-state index in [2.05, 4.69) is 26.1 Å². The number of carboxylic acids is 1. The standard InChI is InChI=1S/C13H25NO3/c1-5-6-7-11(15)14-10(12(16)17)8-9-13(2,3)4/h10H,5-9H2,1-4H3,(H,14,15)(H,16,17). The highest BCUT2D eigenvalue weighted by Gasteiger charge is 2.22. The molecule has 0 aromatic carbocycles. The van der Waals surface area contributed by atoms with E-state index in [9.17, 15) is 9.59 Å². The van der Waals surface area contributed by atoms with Gasteiger partial charge in [0.1, 0.15) is 6.04 Å². The molecule has 0 fully saturated rings. The molecule has 0 bridgehead atoms. The van der Waals surface area contributed by atoms with Gasteiger partial charge >= 0.3 is 5.97 Å². The van der Waals surface area contributed by atoms with Crippen molar-refractivity contribution in [3.8, 4) is 0 Å². The molecule has 0 aliphatic rings. The zero-order valence-electron chi connectivity index (χ0n) is 11.4. The predicted octanol–water partition coefficient (Wildman–Crippen LogP) is 2.57. The maximum Gasteiger partial charge on any atom is 0.326 e. The Hall–Kier alpha value is -1.06. The van der Waals surface area contributed by atoms with Gasteiger partial charge in [-0.05, 0) is 24.7 Å². The summed E-state index contributed by atoms with van der Waals surface area (Å²) < 4.78 is 0. The molecule has 2 N–H and O–H groups in total. The van der Waals surface area contributed by atoms with Crippen LogP contribution in [0, 0.1) is 5.41 Å². The third kappa shape index (κ3) is 8.72. The lowest BCUT2D eigenvalue weighted by atomic mass is 9.88. The van der Waals surface area contributed by atoms with Gasteiger partial charge in [0.2, 0.25) is 5.91 Å². The Kier molecular flexibility index (Phi) is 6.85. The number of unbranched alkanes of at least 4 members (excludes halogenated alkanes) is 1. The highest BCUT2D eigenvalue weighted by Crippen LogP contribution is 2.21. The van der Waals surface area contributed by atoms with Crippen LogP contribution in [-0.2, 0) is 9.59 Å². The third-order valence-electron chi connectivity index (χ3n) is 2.57. The van der Waals surface area contributed by atoms with Crippen LogP contribution in [-0.4, -0.2) is 23.0 Å². The summed E-state index contributed by atoms with van der Waals surface area (Å²) in [7, 11) is 0. The minimum atomic E-state index is -0.945.